The summed E-state index contributed by atoms with van der Waals surface area (Å²) in [6, 6.07) is 9.74. The van der Waals surface area contributed by atoms with Crippen LogP contribution in [0.4, 0.5) is 0 Å². The van der Waals surface area contributed by atoms with Gasteiger partial charge in [0, 0.05) is 6.54 Å². The van der Waals surface area contributed by atoms with Crippen molar-refractivity contribution in [2.75, 3.05) is 21.3 Å². The van der Waals surface area contributed by atoms with Crippen molar-refractivity contribution in [1.29, 1.82) is 0 Å². The molecule has 6 heteroatoms. The Bertz CT molecular complexity index is 839. The number of rotatable bonds is 8. The Labute approximate surface area is 172 Å². The summed E-state index contributed by atoms with van der Waals surface area (Å²) in [7, 11) is 4.69. The molecule has 0 radical (unpaired) electrons. The largest absolute Gasteiger partial charge is 0.493 e. The van der Waals surface area contributed by atoms with Crippen molar-refractivity contribution in [2.45, 2.75) is 45.3 Å². The van der Waals surface area contributed by atoms with Crippen molar-refractivity contribution in [2.24, 2.45) is 0 Å². The Kier molecular flexibility index (Phi) is 6.86. The van der Waals surface area contributed by atoms with Crippen molar-refractivity contribution in [1.82, 2.24) is 5.32 Å². The van der Waals surface area contributed by atoms with Crippen molar-refractivity contribution in [3.05, 3.63) is 47.0 Å². The molecule has 29 heavy (non-hydrogen) atoms. The molecule has 3 rings (SSSR count). The van der Waals surface area contributed by atoms with Crippen molar-refractivity contribution in [3.63, 3.8) is 0 Å². The highest BCUT2D eigenvalue weighted by Gasteiger charge is 2.20. The molecule has 0 saturated heterocycles. The zero-order chi connectivity index (χ0) is 20.8. The number of ether oxygens (including phenoxy) is 4. The average Bonchev–Trinajstić information content (AvgIpc) is 2.76. The van der Waals surface area contributed by atoms with Gasteiger partial charge in [-0.15, -0.1) is 0 Å². The van der Waals surface area contributed by atoms with E-state index in [1.54, 1.807) is 28.3 Å². The van der Waals surface area contributed by atoms with Crippen LogP contribution in [0.5, 0.6) is 23.0 Å². The SMILES string of the molecule is COc1cc(CNC(=O)C(C)Oc2cccc3c2CCCC3)cc(OC)c1OC. The zero-order valence-electron chi connectivity index (χ0n) is 17.5. The fraction of sp³-hybridized carbons (Fsp3) is 0.435. The van der Waals surface area contributed by atoms with E-state index in [1.165, 1.54) is 17.5 Å². The second-order valence-corrected chi connectivity index (χ2v) is 7.11. The van der Waals surface area contributed by atoms with E-state index in [1.807, 2.05) is 24.3 Å². The van der Waals surface area contributed by atoms with Crippen LogP contribution in [0.3, 0.4) is 0 Å². The fourth-order valence-corrected chi connectivity index (χ4v) is 3.67. The highest BCUT2D eigenvalue weighted by molar-refractivity contribution is 5.80. The van der Waals surface area contributed by atoms with Crippen LogP contribution in [0.15, 0.2) is 30.3 Å². The zero-order valence-corrected chi connectivity index (χ0v) is 17.5. The molecule has 0 fully saturated rings. The van der Waals surface area contributed by atoms with Crippen LogP contribution < -0.4 is 24.3 Å². The first-order chi connectivity index (χ1) is 14.1. The van der Waals surface area contributed by atoms with Gasteiger partial charge in [-0.3, -0.25) is 4.79 Å². The summed E-state index contributed by atoms with van der Waals surface area (Å²) in [6.45, 7) is 2.10. The molecule has 0 aliphatic heterocycles. The second-order valence-electron chi connectivity index (χ2n) is 7.11. The highest BCUT2D eigenvalue weighted by Crippen LogP contribution is 2.38. The van der Waals surface area contributed by atoms with Crippen molar-refractivity contribution in [3.8, 4) is 23.0 Å². The third kappa shape index (κ3) is 4.75. The molecule has 156 valence electrons. The van der Waals surface area contributed by atoms with E-state index >= 15 is 0 Å². The fourth-order valence-electron chi connectivity index (χ4n) is 3.67. The Morgan fingerprint density at radius 1 is 1.00 bits per heavy atom. The smallest absolute Gasteiger partial charge is 0.261 e. The van der Waals surface area contributed by atoms with Crippen LogP contribution in [0.1, 0.15) is 36.5 Å². The number of carbonyl (C=O) groups is 1. The minimum absolute atomic E-state index is 0.174. The molecule has 0 bridgehead atoms. The van der Waals surface area contributed by atoms with Crippen LogP contribution in [0, 0.1) is 0 Å². The lowest BCUT2D eigenvalue weighted by atomic mass is 9.91. The third-order valence-electron chi connectivity index (χ3n) is 5.22. The van der Waals surface area contributed by atoms with Gasteiger partial charge in [-0.2, -0.15) is 0 Å². The Balaban J connectivity index is 1.65. The summed E-state index contributed by atoms with van der Waals surface area (Å²) in [6.07, 6.45) is 3.86. The Morgan fingerprint density at radius 3 is 2.34 bits per heavy atom. The molecule has 1 aliphatic carbocycles. The molecule has 1 amide bonds. The van der Waals surface area contributed by atoms with Gasteiger partial charge < -0.3 is 24.3 Å². The van der Waals surface area contributed by atoms with Crippen molar-refractivity contribution < 1.29 is 23.7 Å². The Hall–Kier alpha value is -2.89. The molecular weight excluding hydrogens is 370 g/mol. The third-order valence-corrected chi connectivity index (χ3v) is 5.22. The van der Waals surface area contributed by atoms with E-state index in [0.29, 0.717) is 23.8 Å². The minimum Gasteiger partial charge on any atom is -0.493 e. The molecule has 1 atom stereocenters. The maximum Gasteiger partial charge on any atom is 0.261 e. The summed E-state index contributed by atoms with van der Waals surface area (Å²) in [5.41, 5.74) is 3.42. The summed E-state index contributed by atoms with van der Waals surface area (Å²) in [5, 5.41) is 2.92. The van der Waals surface area contributed by atoms with Gasteiger partial charge in [0.1, 0.15) is 5.75 Å². The molecule has 0 spiro atoms. The highest BCUT2D eigenvalue weighted by atomic mass is 16.5. The number of amides is 1. The lowest BCUT2D eigenvalue weighted by Crippen LogP contribution is -2.36. The van der Waals surface area contributed by atoms with Gasteiger partial charge in [0.2, 0.25) is 5.75 Å². The molecule has 1 unspecified atom stereocenters. The quantitative estimate of drug-likeness (QED) is 0.734. The van der Waals surface area contributed by atoms with E-state index in [2.05, 4.69) is 11.4 Å². The van der Waals surface area contributed by atoms with E-state index < -0.39 is 6.10 Å². The van der Waals surface area contributed by atoms with Gasteiger partial charge in [-0.1, -0.05) is 12.1 Å². The van der Waals surface area contributed by atoms with Gasteiger partial charge in [0.25, 0.3) is 5.91 Å². The summed E-state index contributed by atoms with van der Waals surface area (Å²) < 4.78 is 22.1. The number of hydrogen-bond donors (Lipinski definition) is 1. The molecule has 0 saturated carbocycles. The molecule has 6 nitrogen and oxygen atoms in total. The van der Waals surface area contributed by atoms with Crippen LogP contribution in [0.2, 0.25) is 0 Å². The number of aryl methyl sites for hydroxylation is 1. The maximum atomic E-state index is 12.6. The molecule has 1 aliphatic rings. The van der Waals surface area contributed by atoms with Gasteiger partial charge >= 0.3 is 0 Å². The summed E-state index contributed by atoms with van der Waals surface area (Å²) >= 11 is 0. The number of carbonyl (C=O) groups excluding carboxylic acids is 1. The number of hydrogen-bond acceptors (Lipinski definition) is 5. The maximum absolute atomic E-state index is 12.6. The van der Waals surface area contributed by atoms with Crippen LogP contribution in [-0.2, 0) is 24.2 Å². The normalized spacial score (nSPS) is 13.8. The second kappa shape index (κ2) is 9.54. The predicted molar refractivity (Wildman–Crippen MR) is 111 cm³/mol. The van der Waals surface area contributed by atoms with Gasteiger partial charge in [0.15, 0.2) is 17.6 Å². The topological polar surface area (TPSA) is 66.0 Å². The number of nitrogens with one attached hydrogen (secondary N) is 1. The van der Waals surface area contributed by atoms with Gasteiger partial charge in [-0.25, -0.2) is 0 Å². The van der Waals surface area contributed by atoms with E-state index in [0.717, 1.165) is 30.6 Å². The van der Waals surface area contributed by atoms with E-state index in [4.69, 9.17) is 18.9 Å². The number of methoxy groups -OCH3 is 3. The monoisotopic (exact) mass is 399 g/mol. The molecule has 2 aromatic rings. The van der Waals surface area contributed by atoms with Gasteiger partial charge in [0.05, 0.1) is 21.3 Å². The Morgan fingerprint density at radius 2 is 1.69 bits per heavy atom. The average molecular weight is 399 g/mol. The van der Waals surface area contributed by atoms with Crippen LogP contribution >= 0.6 is 0 Å². The predicted octanol–water partition coefficient (Wildman–Crippen LogP) is 3.67. The number of benzene rings is 2. The van der Waals surface area contributed by atoms with Crippen LogP contribution in [0.25, 0.3) is 0 Å². The molecular formula is C23H29NO5. The lowest BCUT2D eigenvalue weighted by molar-refractivity contribution is -0.127. The van der Waals surface area contributed by atoms with Crippen LogP contribution in [-0.4, -0.2) is 33.3 Å². The first kappa shape index (κ1) is 20.8. The number of fused-ring (bicyclic) bond motifs is 1. The lowest BCUT2D eigenvalue weighted by Gasteiger charge is -2.22. The first-order valence-electron chi connectivity index (χ1n) is 9.91. The van der Waals surface area contributed by atoms with Gasteiger partial charge in [-0.05, 0) is 67.5 Å². The van der Waals surface area contributed by atoms with E-state index in [-0.39, 0.29) is 5.91 Å². The van der Waals surface area contributed by atoms with E-state index in [9.17, 15) is 4.79 Å². The standard InChI is InChI=1S/C23H29NO5/c1-15(29-19-11-7-9-17-8-5-6-10-18(17)19)23(25)24-14-16-12-20(26-2)22(28-4)21(13-16)27-3/h7,9,11-13,15H,5-6,8,10,14H2,1-4H3,(H,24,25). The minimum atomic E-state index is -0.592. The van der Waals surface area contributed by atoms with Crippen molar-refractivity contribution >= 4 is 5.91 Å². The summed E-state index contributed by atoms with van der Waals surface area (Å²) in [4.78, 5) is 12.6. The summed E-state index contributed by atoms with van der Waals surface area (Å²) in [5.74, 6) is 2.27. The first-order valence-corrected chi connectivity index (χ1v) is 9.91. The molecule has 1 N–H and O–H groups in total. The molecule has 0 heterocycles. The molecule has 0 aromatic heterocycles. The molecule has 2 aromatic carbocycles.